The van der Waals surface area contributed by atoms with E-state index in [1.807, 2.05) is 0 Å². The fourth-order valence-electron chi connectivity index (χ4n) is 1.05. The zero-order chi connectivity index (χ0) is 8.36. The first kappa shape index (κ1) is 11.2. The van der Waals surface area contributed by atoms with Gasteiger partial charge in [0.1, 0.15) is 0 Å². The van der Waals surface area contributed by atoms with E-state index in [9.17, 15) is 0 Å². The minimum atomic E-state index is 1.00. The van der Waals surface area contributed by atoms with E-state index in [-0.39, 0.29) is 0 Å². The summed E-state index contributed by atoms with van der Waals surface area (Å²) in [5.41, 5.74) is 0. The van der Waals surface area contributed by atoms with Gasteiger partial charge in [-0.3, -0.25) is 0 Å². The number of allylic oxidation sites excluding steroid dienone is 2. The van der Waals surface area contributed by atoms with Gasteiger partial charge in [0.25, 0.3) is 0 Å². The lowest BCUT2D eigenvalue weighted by Crippen LogP contribution is -1.75. The van der Waals surface area contributed by atoms with E-state index in [0.717, 1.165) is 5.33 Å². The Balaban J connectivity index is 2.85. The SMILES string of the molecule is CCCCCCC/C=C/CBr. The Morgan fingerprint density at radius 3 is 2.36 bits per heavy atom. The zero-order valence-electron chi connectivity index (χ0n) is 7.48. The quantitative estimate of drug-likeness (QED) is 0.340. The van der Waals surface area contributed by atoms with Crippen molar-refractivity contribution in [2.24, 2.45) is 0 Å². The molecule has 0 aliphatic carbocycles. The molecule has 0 radical (unpaired) electrons. The van der Waals surface area contributed by atoms with Crippen molar-refractivity contribution < 1.29 is 0 Å². The first-order chi connectivity index (χ1) is 5.41. The van der Waals surface area contributed by atoms with Gasteiger partial charge in [-0.2, -0.15) is 0 Å². The van der Waals surface area contributed by atoms with Crippen molar-refractivity contribution in [3.05, 3.63) is 12.2 Å². The van der Waals surface area contributed by atoms with Gasteiger partial charge >= 0.3 is 0 Å². The van der Waals surface area contributed by atoms with Crippen LogP contribution in [0, 0.1) is 0 Å². The summed E-state index contributed by atoms with van der Waals surface area (Å²) in [5, 5.41) is 1.00. The summed E-state index contributed by atoms with van der Waals surface area (Å²) < 4.78 is 0. The fourth-order valence-corrected chi connectivity index (χ4v) is 1.31. The van der Waals surface area contributed by atoms with Crippen LogP contribution < -0.4 is 0 Å². The highest BCUT2D eigenvalue weighted by molar-refractivity contribution is 9.09. The van der Waals surface area contributed by atoms with Crippen molar-refractivity contribution in [2.45, 2.75) is 45.4 Å². The Morgan fingerprint density at radius 2 is 1.73 bits per heavy atom. The summed E-state index contributed by atoms with van der Waals surface area (Å²) in [5.74, 6) is 0. The highest BCUT2D eigenvalue weighted by Crippen LogP contribution is 2.05. The summed E-state index contributed by atoms with van der Waals surface area (Å²) in [6.45, 7) is 2.25. The number of unbranched alkanes of at least 4 members (excludes halogenated alkanes) is 5. The molecule has 66 valence electrons. The summed E-state index contributed by atoms with van der Waals surface area (Å²) in [6, 6.07) is 0. The summed E-state index contributed by atoms with van der Waals surface area (Å²) in [7, 11) is 0. The maximum absolute atomic E-state index is 3.36. The van der Waals surface area contributed by atoms with Gasteiger partial charge < -0.3 is 0 Å². The minimum absolute atomic E-state index is 1.00. The van der Waals surface area contributed by atoms with E-state index in [1.165, 1.54) is 38.5 Å². The molecule has 0 aliphatic heterocycles. The number of halogens is 1. The van der Waals surface area contributed by atoms with Crippen LogP contribution in [-0.2, 0) is 0 Å². The average Bonchev–Trinajstić information content (AvgIpc) is 2.03. The molecule has 0 aromatic rings. The van der Waals surface area contributed by atoms with E-state index >= 15 is 0 Å². The molecule has 0 amide bonds. The number of alkyl halides is 1. The smallest absolute Gasteiger partial charge is 0.0212 e. The van der Waals surface area contributed by atoms with Gasteiger partial charge in [0.2, 0.25) is 0 Å². The van der Waals surface area contributed by atoms with Crippen molar-refractivity contribution in [3.63, 3.8) is 0 Å². The second-order valence-corrected chi connectivity index (χ2v) is 3.48. The van der Waals surface area contributed by atoms with E-state index in [4.69, 9.17) is 0 Å². The predicted octanol–water partition coefficient (Wildman–Crippen LogP) is 4.30. The molecule has 0 nitrogen and oxygen atoms in total. The van der Waals surface area contributed by atoms with Gasteiger partial charge in [-0.05, 0) is 12.8 Å². The molecular weight excluding hydrogens is 200 g/mol. The lowest BCUT2D eigenvalue weighted by Gasteiger charge is -1.95. The minimum Gasteiger partial charge on any atom is -0.0883 e. The lowest BCUT2D eigenvalue weighted by atomic mass is 10.1. The summed E-state index contributed by atoms with van der Waals surface area (Å²) in [6.07, 6.45) is 12.6. The Morgan fingerprint density at radius 1 is 1.00 bits per heavy atom. The largest absolute Gasteiger partial charge is 0.0883 e. The van der Waals surface area contributed by atoms with Gasteiger partial charge in [-0.1, -0.05) is 60.7 Å². The van der Waals surface area contributed by atoms with Gasteiger partial charge in [-0.25, -0.2) is 0 Å². The maximum Gasteiger partial charge on any atom is 0.0212 e. The van der Waals surface area contributed by atoms with E-state index < -0.39 is 0 Å². The molecule has 0 heterocycles. The molecule has 0 saturated carbocycles. The molecule has 1 heteroatoms. The van der Waals surface area contributed by atoms with Gasteiger partial charge in [0.05, 0.1) is 0 Å². The Bertz CT molecular complexity index is 86.9. The highest BCUT2D eigenvalue weighted by atomic mass is 79.9. The fraction of sp³-hybridized carbons (Fsp3) is 0.800. The molecule has 0 unspecified atom stereocenters. The number of rotatable bonds is 7. The van der Waals surface area contributed by atoms with Crippen molar-refractivity contribution in [1.82, 2.24) is 0 Å². The molecular formula is C10H19Br. The molecule has 0 rings (SSSR count). The molecule has 0 bridgehead atoms. The zero-order valence-corrected chi connectivity index (χ0v) is 9.07. The predicted molar refractivity (Wildman–Crippen MR) is 56.3 cm³/mol. The van der Waals surface area contributed by atoms with Crippen LogP contribution in [0.2, 0.25) is 0 Å². The second-order valence-electron chi connectivity index (χ2n) is 2.83. The highest BCUT2D eigenvalue weighted by Gasteiger charge is 1.85. The van der Waals surface area contributed by atoms with Crippen LogP contribution in [0.1, 0.15) is 45.4 Å². The Kier molecular flexibility index (Phi) is 10.4. The lowest BCUT2D eigenvalue weighted by molar-refractivity contribution is 0.637. The maximum atomic E-state index is 3.36. The molecule has 0 aliphatic rings. The number of hydrogen-bond acceptors (Lipinski definition) is 0. The number of hydrogen-bond donors (Lipinski definition) is 0. The monoisotopic (exact) mass is 218 g/mol. The Labute approximate surface area is 79.2 Å². The van der Waals surface area contributed by atoms with E-state index in [1.54, 1.807) is 0 Å². The van der Waals surface area contributed by atoms with Crippen LogP contribution in [-0.4, -0.2) is 5.33 Å². The summed E-state index contributed by atoms with van der Waals surface area (Å²) >= 11 is 3.36. The van der Waals surface area contributed by atoms with Gasteiger partial charge in [-0.15, -0.1) is 0 Å². The molecule has 0 N–H and O–H groups in total. The van der Waals surface area contributed by atoms with Crippen LogP contribution in [0.4, 0.5) is 0 Å². The van der Waals surface area contributed by atoms with Gasteiger partial charge in [0.15, 0.2) is 0 Å². The molecule has 0 spiro atoms. The normalized spacial score (nSPS) is 11.1. The van der Waals surface area contributed by atoms with Crippen LogP contribution in [0.25, 0.3) is 0 Å². The molecule has 11 heavy (non-hydrogen) atoms. The van der Waals surface area contributed by atoms with Gasteiger partial charge in [0, 0.05) is 5.33 Å². The van der Waals surface area contributed by atoms with Crippen molar-refractivity contribution >= 4 is 15.9 Å². The third-order valence-corrected chi connectivity index (χ3v) is 2.10. The second kappa shape index (κ2) is 10.2. The third-order valence-electron chi connectivity index (χ3n) is 1.73. The van der Waals surface area contributed by atoms with Crippen LogP contribution in [0.15, 0.2) is 12.2 Å². The van der Waals surface area contributed by atoms with E-state index in [2.05, 4.69) is 35.0 Å². The average molecular weight is 219 g/mol. The molecule has 0 saturated heterocycles. The molecule has 0 atom stereocenters. The van der Waals surface area contributed by atoms with Crippen molar-refractivity contribution in [2.75, 3.05) is 5.33 Å². The first-order valence-electron chi connectivity index (χ1n) is 4.62. The third kappa shape index (κ3) is 10.2. The molecule has 0 aromatic heterocycles. The van der Waals surface area contributed by atoms with Crippen LogP contribution >= 0.6 is 15.9 Å². The van der Waals surface area contributed by atoms with Crippen LogP contribution in [0.3, 0.4) is 0 Å². The van der Waals surface area contributed by atoms with Crippen LogP contribution in [0.5, 0.6) is 0 Å². The Hall–Kier alpha value is 0.220. The first-order valence-corrected chi connectivity index (χ1v) is 5.75. The topological polar surface area (TPSA) is 0 Å². The van der Waals surface area contributed by atoms with Crippen molar-refractivity contribution in [1.29, 1.82) is 0 Å². The standard InChI is InChI=1S/C10H19Br/c1-2-3-4-5-6-7-8-9-10-11/h8-9H,2-7,10H2,1H3/b9-8+. The summed E-state index contributed by atoms with van der Waals surface area (Å²) in [4.78, 5) is 0. The van der Waals surface area contributed by atoms with Crippen molar-refractivity contribution in [3.8, 4) is 0 Å². The molecule has 0 aromatic carbocycles. The molecule has 0 fully saturated rings. The van der Waals surface area contributed by atoms with E-state index in [0.29, 0.717) is 0 Å².